The van der Waals surface area contributed by atoms with E-state index in [0.717, 1.165) is 12.1 Å². The van der Waals surface area contributed by atoms with E-state index in [9.17, 15) is 17.6 Å². The molecular formula is C11H9FO4S. The molecule has 1 rings (SSSR count). The molecule has 0 saturated heterocycles. The lowest BCUT2D eigenvalue weighted by Crippen LogP contribution is -2.09. The summed E-state index contributed by atoms with van der Waals surface area (Å²) in [5.41, 5.74) is -0.307. The van der Waals surface area contributed by atoms with Gasteiger partial charge in [0.15, 0.2) is 9.84 Å². The highest BCUT2D eigenvalue weighted by atomic mass is 32.2. The molecule has 6 heteroatoms. The molecule has 0 aromatic heterocycles. The van der Waals surface area contributed by atoms with E-state index in [4.69, 9.17) is 11.5 Å². The van der Waals surface area contributed by atoms with E-state index < -0.39 is 26.5 Å². The van der Waals surface area contributed by atoms with Crippen molar-refractivity contribution in [1.82, 2.24) is 0 Å². The number of rotatable bonds is 4. The first-order chi connectivity index (χ1) is 7.88. The third kappa shape index (κ3) is 3.04. The number of aromatic carboxylic acids is 1. The minimum absolute atomic E-state index is 0.0253. The zero-order chi connectivity index (χ0) is 13.1. The molecule has 0 amide bonds. The number of hydrogen-bond acceptors (Lipinski definition) is 3. The molecule has 0 saturated carbocycles. The molecular weight excluding hydrogens is 247 g/mol. The Balaban J connectivity index is 3.17. The Kier molecular flexibility index (Phi) is 3.86. The fraction of sp³-hybridized carbons (Fsp3) is 0.182. The van der Waals surface area contributed by atoms with Crippen LogP contribution in [0.25, 0.3) is 0 Å². The van der Waals surface area contributed by atoms with Crippen LogP contribution >= 0.6 is 0 Å². The first kappa shape index (κ1) is 13.2. The van der Waals surface area contributed by atoms with Crippen LogP contribution in [0.15, 0.2) is 23.1 Å². The highest BCUT2D eigenvalue weighted by Crippen LogP contribution is 2.18. The standard InChI is InChI=1S/C11H9FO4S/c1-2-3-6-17(15,16)10-5-4-8(11(13)14)7-9(10)12/h1,4-5,7H,3,6H2,(H,13,14). The van der Waals surface area contributed by atoms with Gasteiger partial charge in [0, 0.05) is 6.42 Å². The van der Waals surface area contributed by atoms with Gasteiger partial charge in [0.2, 0.25) is 0 Å². The SMILES string of the molecule is C#CCCS(=O)(=O)c1ccc(C(=O)O)cc1F. The number of carbonyl (C=O) groups is 1. The van der Waals surface area contributed by atoms with Gasteiger partial charge in [0.1, 0.15) is 10.7 Å². The van der Waals surface area contributed by atoms with Crippen molar-refractivity contribution in [3.63, 3.8) is 0 Å². The summed E-state index contributed by atoms with van der Waals surface area (Å²) in [7, 11) is -3.81. The molecule has 0 aliphatic heterocycles. The highest BCUT2D eigenvalue weighted by Gasteiger charge is 2.19. The summed E-state index contributed by atoms with van der Waals surface area (Å²) in [6.07, 6.45) is 4.90. The van der Waals surface area contributed by atoms with Crippen molar-refractivity contribution in [2.45, 2.75) is 11.3 Å². The van der Waals surface area contributed by atoms with Gasteiger partial charge in [-0.3, -0.25) is 0 Å². The van der Waals surface area contributed by atoms with Crippen molar-refractivity contribution in [2.24, 2.45) is 0 Å². The number of hydrogen-bond donors (Lipinski definition) is 1. The Morgan fingerprint density at radius 1 is 1.47 bits per heavy atom. The molecule has 0 unspecified atom stereocenters. The molecule has 90 valence electrons. The first-order valence-electron chi connectivity index (χ1n) is 4.57. The normalized spacial score (nSPS) is 10.8. The fourth-order valence-corrected chi connectivity index (χ4v) is 2.43. The Hall–Kier alpha value is -1.87. The molecule has 0 atom stereocenters. The zero-order valence-corrected chi connectivity index (χ0v) is 9.50. The number of carboxylic acids is 1. The Morgan fingerprint density at radius 2 is 2.12 bits per heavy atom. The van der Waals surface area contributed by atoms with E-state index >= 15 is 0 Å². The van der Waals surface area contributed by atoms with Gasteiger partial charge >= 0.3 is 5.97 Å². The second kappa shape index (κ2) is 4.97. The van der Waals surface area contributed by atoms with Crippen LogP contribution in [0.3, 0.4) is 0 Å². The quantitative estimate of drug-likeness (QED) is 0.825. The lowest BCUT2D eigenvalue weighted by molar-refractivity contribution is 0.0696. The van der Waals surface area contributed by atoms with Crippen LogP contribution in [0.2, 0.25) is 0 Å². The molecule has 4 nitrogen and oxygen atoms in total. The van der Waals surface area contributed by atoms with Gasteiger partial charge in [0.25, 0.3) is 0 Å². The van der Waals surface area contributed by atoms with Crippen LogP contribution in [0.5, 0.6) is 0 Å². The Bertz CT molecular complexity index is 584. The third-order valence-corrected chi connectivity index (χ3v) is 3.77. The Labute approximate surface area is 98.0 Å². The van der Waals surface area contributed by atoms with Crippen molar-refractivity contribution >= 4 is 15.8 Å². The van der Waals surface area contributed by atoms with Crippen molar-refractivity contribution in [1.29, 1.82) is 0 Å². The summed E-state index contributed by atoms with van der Waals surface area (Å²) in [6, 6.07) is 2.64. The molecule has 0 radical (unpaired) electrons. The van der Waals surface area contributed by atoms with Gasteiger partial charge < -0.3 is 5.11 Å². The summed E-state index contributed by atoms with van der Waals surface area (Å²) in [5.74, 6) is -0.626. The van der Waals surface area contributed by atoms with Crippen LogP contribution in [0.1, 0.15) is 16.8 Å². The number of benzene rings is 1. The topological polar surface area (TPSA) is 71.4 Å². The summed E-state index contributed by atoms with van der Waals surface area (Å²) in [6.45, 7) is 0. The van der Waals surface area contributed by atoms with Crippen LogP contribution in [0.4, 0.5) is 4.39 Å². The first-order valence-corrected chi connectivity index (χ1v) is 6.23. The predicted octanol–water partition coefficient (Wildman–Crippen LogP) is 1.32. The summed E-state index contributed by atoms with van der Waals surface area (Å²) in [4.78, 5) is 10.0. The van der Waals surface area contributed by atoms with E-state index in [1.807, 2.05) is 0 Å². The summed E-state index contributed by atoms with van der Waals surface area (Å²) in [5, 5.41) is 8.60. The average molecular weight is 256 g/mol. The smallest absolute Gasteiger partial charge is 0.335 e. The number of carboxylic acid groups (broad SMARTS) is 1. The molecule has 0 aliphatic rings. The third-order valence-electron chi connectivity index (χ3n) is 2.03. The van der Waals surface area contributed by atoms with Crippen LogP contribution in [-0.4, -0.2) is 25.2 Å². The molecule has 1 aromatic carbocycles. The molecule has 17 heavy (non-hydrogen) atoms. The van der Waals surface area contributed by atoms with E-state index in [0.29, 0.717) is 6.07 Å². The number of sulfone groups is 1. The number of terminal acetylenes is 1. The highest BCUT2D eigenvalue weighted by molar-refractivity contribution is 7.91. The lowest BCUT2D eigenvalue weighted by atomic mass is 10.2. The maximum atomic E-state index is 13.4. The van der Waals surface area contributed by atoms with E-state index in [2.05, 4.69) is 5.92 Å². The van der Waals surface area contributed by atoms with Crippen molar-refractivity contribution in [2.75, 3.05) is 5.75 Å². The zero-order valence-electron chi connectivity index (χ0n) is 8.68. The maximum absolute atomic E-state index is 13.4. The number of halogens is 1. The monoisotopic (exact) mass is 256 g/mol. The van der Waals surface area contributed by atoms with Crippen LogP contribution in [-0.2, 0) is 9.84 Å². The predicted molar refractivity (Wildman–Crippen MR) is 58.9 cm³/mol. The summed E-state index contributed by atoms with van der Waals surface area (Å²) < 4.78 is 36.7. The van der Waals surface area contributed by atoms with Gasteiger partial charge in [0.05, 0.1) is 11.3 Å². The average Bonchev–Trinajstić information content (AvgIpc) is 2.25. The molecule has 1 aromatic rings. The van der Waals surface area contributed by atoms with Crippen molar-refractivity contribution < 1.29 is 22.7 Å². The van der Waals surface area contributed by atoms with E-state index in [1.165, 1.54) is 0 Å². The second-order valence-corrected chi connectivity index (χ2v) is 5.30. The molecule has 0 aliphatic carbocycles. The summed E-state index contributed by atoms with van der Waals surface area (Å²) >= 11 is 0. The maximum Gasteiger partial charge on any atom is 0.335 e. The van der Waals surface area contributed by atoms with Gasteiger partial charge in [-0.15, -0.1) is 12.3 Å². The minimum atomic E-state index is -3.81. The molecule has 0 fully saturated rings. The second-order valence-electron chi connectivity index (χ2n) is 3.22. The van der Waals surface area contributed by atoms with E-state index in [-0.39, 0.29) is 17.7 Å². The van der Waals surface area contributed by atoms with Gasteiger partial charge in [-0.1, -0.05) is 0 Å². The molecule has 0 heterocycles. The van der Waals surface area contributed by atoms with Gasteiger partial charge in [-0.25, -0.2) is 17.6 Å². The van der Waals surface area contributed by atoms with E-state index in [1.54, 1.807) is 0 Å². The Morgan fingerprint density at radius 3 is 2.59 bits per heavy atom. The molecule has 0 bridgehead atoms. The van der Waals surface area contributed by atoms with Gasteiger partial charge in [-0.05, 0) is 18.2 Å². The van der Waals surface area contributed by atoms with Crippen molar-refractivity contribution in [3.05, 3.63) is 29.6 Å². The fourth-order valence-electron chi connectivity index (χ4n) is 1.19. The van der Waals surface area contributed by atoms with Crippen LogP contribution in [0, 0.1) is 18.2 Å². The largest absolute Gasteiger partial charge is 0.478 e. The molecule has 1 N–H and O–H groups in total. The van der Waals surface area contributed by atoms with Crippen LogP contribution < -0.4 is 0 Å². The lowest BCUT2D eigenvalue weighted by Gasteiger charge is -2.04. The molecule has 0 spiro atoms. The van der Waals surface area contributed by atoms with Crippen molar-refractivity contribution in [3.8, 4) is 12.3 Å². The van der Waals surface area contributed by atoms with Gasteiger partial charge in [-0.2, -0.15) is 0 Å². The minimum Gasteiger partial charge on any atom is -0.478 e.